The second-order valence-corrected chi connectivity index (χ2v) is 2.24. The Morgan fingerprint density at radius 3 is 2.36 bits per heavy atom. The normalized spacial score (nSPS) is 13.1. The molecule has 64 valence electrons. The lowest BCUT2D eigenvalue weighted by Crippen LogP contribution is -2.19. The van der Waals surface area contributed by atoms with Crippen molar-refractivity contribution in [1.29, 1.82) is 5.41 Å². The molecule has 11 heavy (non-hydrogen) atoms. The van der Waals surface area contributed by atoms with E-state index >= 15 is 0 Å². The zero-order valence-corrected chi connectivity index (χ0v) is 6.20. The highest BCUT2D eigenvalue weighted by molar-refractivity contribution is 5.84. The van der Waals surface area contributed by atoms with Crippen LogP contribution < -0.4 is 0 Å². The first-order valence-electron chi connectivity index (χ1n) is 3.32. The van der Waals surface area contributed by atoms with Crippen LogP contribution in [-0.4, -0.2) is 33.4 Å². The Labute approximate surface area is 65.3 Å². The monoisotopic (exact) mass is 159 g/mol. The van der Waals surface area contributed by atoms with Crippen molar-refractivity contribution in [3.8, 4) is 0 Å². The van der Waals surface area contributed by atoms with Gasteiger partial charge in [0, 0.05) is 0 Å². The lowest BCUT2D eigenvalue weighted by atomic mass is 10.1. The van der Waals surface area contributed by atoms with E-state index in [0.29, 0.717) is 6.42 Å². The second kappa shape index (κ2) is 5.01. The molecule has 0 aliphatic carbocycles. The standard InChI is InChI=1S/C7H13NO3/c1-2-5(9)3-4-6(8)7(10)11/h2,5,7-11H,1,3-4H2. The Balaban J connectivity index is 3.54. The van der Waals surface area contributed by atoms with Crippen molar-refractivity contribution in [2.75, 3.05) is 0 Å². The second-order valence-electron chi connectivity index (χ2n) is 2.24. The summed E-state index contributed by atoms with van der Waals surface area (Å²) in [6.45, 7) is 3.34. The molecule has 0 rings (SSSR count). The first-order valence-corrected chi connectivity index (χ1v) is 3.32. The third-order valence-corrected chi connectivity index (χ3v) is 1.29. The third-order valence-electron chi connectivity index (χ3n) is 1.29. The molecule has 0 heterocycles. The van der Waals surface area contributed by atoms with Crippen LogP contribution in [0.3, 0.4) is 0 Å². The summed E-state index contributed by atoms with van der Waals surface area (Å²) in [5, 5.41) is 32.7. The van der Waals surface area contributed by atoms with Crippen molar-refractivity contribution < 1.29 is 15.3 Å². The van der Waals surface area contributed by atoms with Gasteiger partial charge in [-0.25, -0.2) is 0 Å². The smallest absolute Gasteiger partial charge is 0.191 e. The highest BCUT2D eigenvalue weighted by Crippen LogP contribution is 2.00. The maximum atomic E-state index is 8.91. The maximum Gasteiger partial charge on any atom is 0.191 e. The van der Waals surface area contributed by atoms with Gasteiger partial charge in [-0.15, -0.1) is 6.58 Å². The molecule has 0 fully saturated rings. The molecule has 0 saturated heterocycles. The van der Waals surface area contributed by atoms with E-state index in [1.807, 2.05) is 0 Å². The summed E-state index contributed by atoms with van der Waals surface area (Å²) in [5.41, 5.74) is -0.189. The van der Waals surface area contributed by atoms with Crippen molar-refractivity contribution in [3.63, 3.8) is 0 Å². The number of hydrogen-bond donors (Lipinski definition) is 4. The van der Waals surface area contributed by atoms with E-state index < -0.39 is 12.4 Å². The molecule has 4 heteroatoms. The maximum absolute atomic E-state index is 8.91. The minimum Gasteiger partial charge on any atom is -0.389 e. The molecule has 0 aromatic heterocycles. The van der Waals surface area contributed by atoms with E-state index in [-0.39, 0.29) is 12.1 Å². The van der Waals surface area contributed by atoms with Crippen molar-refractivity contribution >= 4 is 5.71 Å². The van der Waals surface area contributed by atoms with Crippen molar-refractivity contribution in [3.05, 3.63) is 12.7 Å². The molecule has 4 N–H and O–H groups in total. The van der Waals surface area contributed by atoms with Crippen molar-refractivity contribution in [1.82, 2.24) is 0 Å². The van der Waals surface area contributed by atoms with Gasteiger partial charge in [0.05, 0.1) is 11.8 Å². The number of hydrogen-bond acceptors (Lipinski definition) is 4. The Morgan fingerprint density at radius 2 is 2.00 bits per heavy atom. The Bertz CT molecular complexity index is 145. The summed E-state index contributed by atoms with van der Waals surface area (Å²) in [4.78, 5) is 0. The zero-order valence-electron chi connectivity index (χ0n) is 6.20. The summed E-state index contributed by atoms with van der Waals surface area (Å²) >= 11 is 0. The molecule has 0 aromatic rings. The van der Waals surface area contributed by atoms with Crippen LogP contribution in [0.5, 0.6) is 0 Å². The number of rotatable bonds is 5. The summed E-state index contributed by atoms with van der Waals surface area (Å²) < 4.78 is 0. The van der Waals surface area contributed by atoms with Gasteiger partial charge in [0.1, 0.15) is 0 Å². The zero-order chi connectivity index (χ0) is 8.85. The predicted octanol–water partition coefficient (Wildman–Crippen LogP) is -0.356. The molecule has 0 aliphatic heterocycles. The quantitative estimate of drug-likeness (QED) is 0.251. The lowest BCUT2D eigenvalue weighted by molar-refractivity contribution is 0.0168. The topological polar surface area (TPSA) is 84.5 Å². The van der Waals surface area contributed by atoms with E-state index in [4.69, 9.17) is 20.7 Å². The summed E-state index contributed by atoms with van der Waals surface area (Å²) in [6.07, 6.45) is -0.553. The van der Waals surface area contributed by atoms with E-state index in [1.54, 1.807) is 0 Å². The van der Waals surface area contributed by atoms with Crippen LogP contribution >= 0.6 is 0 Å². The van der Waals surface area contributed by atoms with Gasteiger partial charge in [0.15, 0.2) is 6.29 Å². The first-order chi connectivity index (χ1) is 5.07. The molecule has 0 radical (unpaired) electrons. The van der Waals surface area contributed by atoms with Gasteiger partial charge in [-0.05, 0) is 12.8 Å². The molecular weight excluding hydrogens is 146 g/mol. The van der Waals surface area contributed by atoms with E-state index in [0.717, 1.165) is 0 Å². The molecular formula is C7H13NO3. The SMILES string of the molecule is C=CC(O)CCC(=N)C(O)O. The van der Waals surface area contributed by atoms with Crippen LogP contribution in [0, 0.1) is 5.41 Å². The van der Waals surface area contributed by atoms with Crippen LogP contribution in [0.15, 0.2) is 12.7 Å². The first kappa shape index (κ1) is 10.3. The van der Waals surface area contributed by atoms with Crippen molar-refractivity contribution in [2.24, 2.45) is 0 Å². The molecule has 1 unspecified atom stereocenters. The predicted molar refractivity (Wildman–Crippen MR) is 41.4 cm³/mol. The van der Waals surface area contributed by atoms with Gasteiger partial charge in [-0.1, -0.05) is 6.08 Å². The van der Waals surface area contributed by atoms with Gasteiger partial charge in [0.2, 0.25) is 0 Å². The van der Waals surface area contributed by atoms with Gasteiger partial charge in [0.25, 0.3) is 0 Å². The van der Waals surface area contributed by atoms with Gasteiger partial charge < -0.3 is 20.7 Å². The lowest BCUT2D eigenvalue weighted by Gasteiger charge is -2.07. The van der Waals surface area contributed by atoms with Crippen LogP contribution in [0.1, 0.15) is 12.8 Å². The number of aliphatic hydroxyl groups is 3. The van der Waals surface area contributed by atoms with E-state index in [9.17, 15) is 0 Å². The fourth-order valence-corrected chi connectivity index (χ4v) is 0.550. The van der Waals surface area contributed by atoms with Crippen LogP contribution in [0.2, 0.25) is 0 Å². The molecule has 0 bridgehead atoms. The number of aliphatic hydroxyl groups excluding tert-OH is 2. The van der Waals surface area contributed by atoms with Crippen LogP contribution in [0.25, 0.3) is 0 Å². The summed E-state index contributed by atoms with van der Waals surface area (Å²) in [5.74, 6) is 0. The van der Waals surface area contributed by atoms with Gasteiger partial charge in [-0.3, -0.25) is 0 Å². The average molecular weight is 159 g/mol. The molecule has 0 aromatic carbocycles. The Hall–Kier alpha value is -0.710. The summed E-state index contributed by atoms with van der Waals surface area (Å²) in [7, 11) is 0. The Kier molecular flexibility index (Phi) is 4.69. The van der Waals surface area contributed by atoms with Crippen LogP contribution in [-0.2, 0) is 0 Å². The van der Waals surface area contributed by atoms with Gasteiger partial charge in [-0.2, -0.15) is 0 Å². The molecule has 1 atom stereocenters. The minimum absolute atomic E-state index is 0.171. The fourth-order valence-electron chi connectivity index (χ4n) is 0.550. The highest BCUT2D eigenvalue weighted by atomic mass is 16.5. The van der Waals surface area contributed by atoms with Crippen molar-refractivity contribution in [2.45, 2.75) is 25.2 Å². The molecule has 0 amide bonds. The summed E-state index contributed by atoms with van der Waals surface area (Å²) in [6, 6.07) is 0. The fraction of sp³-hybridized carbons (Fsp3) is 0.571. The third kappa shape index (κ3) is 4.66. The molecule has 0 aliphatic rings. The van der Waals surface area contributed by atoms with E-state index in [2.05, 4.69) is 6.58 Å². The minimum atomic E-state index is -1.70. The van der Waals surface area contributed by atoms with Crippen LogP contribution in [0.4, 0.5) is 0 Å². The number of nitrogens with one attached hydrogen (secondary N) is 1. The largest absolute Gasteiger partial charge is 0.389 e. The molecule has 4 nitrogen and oxygen atoms in total. The molecule has 0 saturated carbocycles. The average Bonchev–Trinajstić information content (AvgIpc) is 1.99. The molecule has 0 spiro atoms. The van der Waals surface area contributed by atoms with E-state index in [1.165, 1.54) is 6.08 Å². The van der Waals surface area contributed by atoms with Gasteiger partial charge >= 0.3 is 0 Å². The highest BCUT2D eigenvalue weighted by Gasteiger charge is 2.07. The Morgan fingerprint density at radius 1 is 1.45 bits per heavy atom.